The molecule has 1 aliphatic heterocycles. The van der Waals surface area contributed by atoms with Gasteiger partial charge >= 0.3 is 0 Å². The molecule has 1 aliphatic rings. The van der Waals surface area contributed by atoms with Gasteiger partial charge < -0.3 is 9.84 Å². The van der Waals surface area contributed by atoms with Crippen molar-refractivity contribution in [1.29, 1.82) is 0 Å². The van der Waals surface area contributed by atoms with Crippen LogP contribution in [0.25, 0.3) is 0 Å². The molecule has 2 nitrogen and oxygen atoms in total. The average Bonchev–Trinajstić information content (AvgIpc) is 2.31. The molecular formula is C13H16ClFO2S. The predicted octanol–water partition coefficient (Wildman–Crippen LogP) is 3.28. The maximum absolute atomic E-state index is 13.1. The van der Waals surface area contributed by atoms with Crippen LogP contribution in [-0.2, 0) is 4.74 Å². The maximum atomic E-state index is 13.1. The molecule has 1 aromatic carbocycles. The number of benzene rings is 1. The van der Waals surface area contributed by atoms with E-state index in [9.17, 15) is 9.50 Å². The molecule has 0 aliphatic carbocycles. The average molecular weight is 291 g/mol. The van der Waals surface area contributed by atoms with Gasteiger partial charge in [-0.05, 0) is 24.6 Å². The summed E-state index contributed by atoms with van der Waals surface area (Å²) < 4.78 is 18.2. The van der Waals surface area contributed by atoms with Gasteiger partial charge in [-0.2, -0.15) is 11.8 Å². The minimum atomic E-state index is -0.392. The molecule has 1 aromatic rings. The number of aliphatic hydroxyl groups excluding tert-OH is 1. The van der Waals surface area contributed by atoms with Crippen LogP contribution in [0.2, 0.25) is 5.02 Å². The van der Waals surface area contributed by atoms with E-state index in [-0.39, 0.29) is 22.3 Å². The minimum absolute atomic E-state index is 0.0945. The summed E-state index contributed by atoms with van der Waals surface area (Å²) in [5, 5.41) is 9.71. The van der Waals surface area contributed by atoms with Crippen LogP contribution in [0, 0.1) is 11.2 Å². The first-order chi connectivity index (χ1) is 8.56. The lowest BCUT2D eigenvalue weighted by molar-refractivity contribution is -0.121. The van der Waals surface area contributed by atoms with Crippen LogP contribution in [0.4, 0.5) is 4.39 Å². The van der Waals surface area contributed by atoms with Crippen molar-refractivity contribution >= 4 is 23.4 Å². The SMILES string of the molecule is CC(SCC1(CO)COC1)c1ccc(F)c(Cl)c1. The number of ether oxygens (including phenoxy) is 1. The fourth-order valence-electron chi connectivity index (χ4n) is 1.77. The minimum Gasteiger partial charge on any atom is -0.396 e. The molecule has 0 bridgehead atoms. The van der Waals surface area contributed by atoms with Crippen LogP contribution < -0.4 is 0 Å². The van der Waals surface area contributed by atoms with Gasteiger partial charge in [-0.3, -0.25) is 0 Å². The van der Waals surface area contributed by atoms with Crippen molar-refractivity contribution in [1.82, 2.24) is 0 Å². The Kier molecular flexibility index (Phi) is 4.54. The smallest absolute Gasteiger partial charge is 0.141 e. The van der Waals surface area contributed by atoms with E-state index in [1.165, 1.54) is 6.07 Å². The molecule has 1 atom stereocenters. The molecule has 5 heteroatoms. The second-order valence-corrected chi connectivity index (χ2v) is 6.51. The number of hydrogen-bond donors (Lipinski definition) is 1. The summed E-state index contributed by atoms with van der Waals surface area (Å²) >= 11 is 7.50. The molecule has 0 aromatic heterocycles. The zero-order valence-corrected chi connectivity index (χ0v) is 11.7. The lowest BCUT2D eigenvalue weighted by atomic mass is 9.90. The first kappa shape index (κ1) is 14.1. The molecule has 18 heavy (non-hydrogen) atoms. The lowest BCUT2D eigenvalue weighted by Gasteiger charge is -2.40. The fourth-order valence-corrected chi connectivity index (χ4v) is 3.16. The first-order valence-corrected chi connectivity index (χ1v) is 7.24. The molecule has 0 amide bonds. The van der Waals surface area contributed by atoms with Crippen molar-refractivity contribution in [3.05, 3.63) is 34.6 Å². The third-order valence-corrected chi connectivity index (χ3v) is 5.05. The number of halogens is 2. The van der Waals surface area contributed by atoms with E-state index in [0.29, 0.717) is 13.2 Å². The van der Waals surface area contributed by atoms with Gasteiger partial charge in [-0.15, -0.1) is 0 Å². The van der Waals surface area contributed by atoms with Crippen molar-refractivity contribution in [2.24, 2.45) is 5.41 Å². The molecule has 1 unspecified atom stereocenters. The largest absolute Gasteiger partial charge is 0.396 e. The van der Waals surface area contributed by atoms with Gasteiger partial charge in [0.2, 0.25) is 0 Å². The van der Waals surface area contributed by atoms with E-state index in [4.69, 9.17) is 16.3 Å². The van der Waals surface area contributed by atoms with Crippen molar-refractivity contribution < 1.29 is 14.2 Å². The molecule has 1 heterocycles. The van der Waals surface area contributed by atoms with Crippen LogP contribution in [0.5, 0.6) is 0 Å². The Labute approximate surface area is 115 Å². The fraction of sp³-hybridized carbons (Fsp3) is 0.538. The van der Waals surface area contributed by atoms with Crippen molar-refractivity contribution in [3.63, 3.8) is 0 Å². The number of aliphatic hydroxyl groups is 1. The summed E-state index contributed by atoms with van der Waals surface area (Å²) in [6, 6.07) is 4.81. The van der Waals surface area contributed by atoms with Gasteiger partial charge in [0, 0.05) is 16.4 Å². The summed E-state index contributed by atoms with van der Waals surface area (Å²) in [4.78, 5) is 0. The lowest BCUT2D eigenvalue weighted by Crippen LogP contribution is -2.47. The van der Waals surface area contributed by atoms with E-state index >= 15 is 0 Å². The predicted molar refractivity (Wildman–Crippen MR) is 72.6 cm³/mol. The number of thioether (sulfide) groups is 1. The van der Waals surface area contributed by atoms with Crippen LogP contribution in [-0.4, -0.2) is 30.7 Å². The van der Waals surface area contributed by atoms with Crippen molar-refractivity contribution in [3.8, 4) is 0 Å². The van der Waals surface area contributed by atoms with E-state index < -0.39 is 5.82 Å². The molecule has 1 saturated heterocycles. The summed E-state index contributed by atoms with van der Waals surface area (Å²) in [5.74, 6) is 0.441. The Bertz CT molecular complexity index is 418. The van der Waals surface area contributed by atoms with Crippen LogP contribution in [0.1, 0.15) is 17.7 Å². The zero-order chi connectivity index (χ0) is 13.2. The van der Waals surface area contributed by atoms with Gasteiger partial charge in [-0.1, -0.05) is 17.7 Å². The molecule has 0 radical (unpaired) electrons. The van der Waals surface area contributed by atoms with E-state index in [2.05, 4.69) is 6.92 Å². The van der Waals surface area contributed by atoms with Gasteiger partial charge in [0.1, 0.15) is 5.82 Å². The Morgan fingerprint density at radius 2 is 2.28 bits per heavy atom. The van der Waals surface area contributed by atoms with E-state index in [0.717, 1.165) is 11.3 Å². The van der Waals surface area contributed by atoms with E-state index in [1.807, 2.05) is 0 Å². The molecule has 2 rings (SSSR count). The van der Waals surface area contributed by atoms with Gasteiger partial charge in [0.15, 0.2) is 0 Å². The molecule has 0 spiro atoms. The normalized spacial score (nSPS) is 19.3. The monoisotopic (exact) mass is 290 g/mol. The Hall–Kier alpha value is -0.290. The number of hydrogen-bond acceptors (Lipinski definition) is 3. The highest BCUT2D eigenvalue weighted by molar-refractivity contribution is 7.99. The summed E-state index contributed by atoms with van der Waals surface area (Å²) in [7, 11) is 0. The van der Waals surface area contributed by atoms with Crippen LogP contribution in [0.3, 0.4) is 0 Å². The highest BCUT2D eigenvalue weighted by Gasteiger charge is 2.38. The number of rotatable bonds is 5. The molecule has 1 N–H and O–H groups in total. The Morgan fingerprint density at radius 3 is 2.78 bits per heavy atom. The van der Waals surface area contributed by atoms with Crippen LogP contribution >= 0.6 is 23.4 Å². The van der Waals surface area contributed by atoms with Gasteiger partial charge in [0.05, 0.1) is 24.8 Å². The molecule has 100 valence electrons. The third-order valence-electron chi connectivity index (χ3n) is 3.20. The molecule has 1 fully saturated rings. The Balaban J connectivity index is 1.94. The quantitative estimate of drug-likeness (QED) is 0.902. The highest BCUT2D eigenvalue weighted by Crippen LogP contribution is 2.38. The standard InChI is InChI=1S/C13H16ClFO2S/c1-9(10-2-3-12(15)11(14)4-10)18-8-13(5-16)6-17-7-13/h2-4,9,16H,5-8H2,1H3. The van der Waals surface area contributed by atoms with Crippen molar-refractivity contribution in [2.75, 3.05) is 25.6 Å². The van der Waals surface area contributed by atoms with Gasteiger partial charge in [-0.25, -0.2) is 4.39 Å². The Morgan fingerprint density at radius 1 is 1.56 bits per heavy atom. The van der Waals surface area contributed by atoms with E-state index in [1.54, 1.807) is 23.9 Å². The second-order valence-electron chi connectivity index (χ2n) is 4.78. The second kappa shape index (κ2) is 5.78. The van der Waals surface area contributed by atoms with Crippen LogP contribution in [0.15, 0.2) is 18.2 Å². The first-order valence-electron chi connectivity index (χ1n) is 5.81. The topological polar surface area (TPSA) is 29.5 Å². The highest BCUT2D eigenvalue weighted by atomic mass is 35.5. The van der Waals surface area contributed by atoms with Crippen molar-refractivity contribution in [2.45, 2.75) is 12.2 Å². The van der Waals surface area contributed by atoms with Gasteiger partial charge in [0.25, 0.3) is 0 Å². The molecular weight excluding hydrogens is 275 g/mol. The zero-order valence-electron chi connectivity index (χ0n) is 10.2. The third kappa shape index (κ3) is 2.99. The summed E-state index contributed by atoms with van der Waals surface area (Å²) in [6.07, 6.45) is 0. The summed E-state index contributed by atoms with van der Waals surface area (Å²) in [5.41, 5.74) is 0.905. The summed E-state index contributed by atoms with van der Waals surface area (Å²) in [6.45, 7) is 3.44. The molecule has 0 saturated carbocycles. The maximum Gasteiger partial charge on any atom is 0.141 e.